The average Bonchev–Trinajstić information content (AvgIpc) is 4.01. The first-order valence-corrected chi connectivity index (χ1v) is 20.5. The van der Waals surface area contributed by atoms with Crippen LogP contribution in [0.25, 0.3) is 10.9 Å². The smallest absolute Gasteiger partial charge is 0.407 e. The number of rotatable bonds is 18. The van der Waals surface area contributed by atoms with E-state index in [-0.39, 0.29) is 44.1 Å². The van der Waals surface area contributed by atoms with Crippen LogP contribution in [0.15, 0.2) is 61.1 Å². The summed E-state index contributed by atoms with van der Waals surface area (Å²) in [6, 6.07) is 8.47. The molecule has 4 heterocycles. The van der Waals surface area contributed by atoms with Gasteiger partial charge in [0.1, 0.15) is 30.0 Å². The number of unbranched alkanes of at least 4 members (excludes halogenated alkanes) is 1. The number of likely N-dealkylation sites (tertiary alicyclic amines) is 1. The van der Waals surface area contributed by atoms with Gasteiger partial charge in [0.05, 0.1) is 24.0 Å². The monoisotopic (exact) mass is 826 g/mol. The summed E-state index contributed by atoms with van der Waals surface area (Å²) in [5.74, 6) is -3.79. The second kappa shape index (κ2) is 19.7. The fourth-order valence-corrected chi connectivity index (χ4v) is 8.09. The third kappa shape index (κ3) is 11.1. The molecular weight excluding hydrogens is 773 g/mol. The van der Waals surface area contributed by atoms with E-state index in [4.69, 9.17) is 10.5 Å². The number of pyridine rings is 1. The van der Waals surface area contributed by atoms with Gasteiger partial charge in [-0.1, -0.05) is 67.6 Å². The third-order valence-corrected chi connectivity index (χ3v) is 11.3. The summed E-state index contributed by atoms with van der Waals surface area (Å²) < 4.78 is 6.73. The van der Waals surface area contributed by atoms with Crippen LogP contribution in [-0.4, -0.2) is 102 Å². The molecular formula is C42H54N10O8. The predicted molar refractivity (Wildman–Crippen MR) is 218 cm³/mol. The molecule has 1 saturated heterocycles. The predicted octanol–water partition coefficient (Wildman–Crippen LogP) is 2.93. The van der Waals surface area contributed by atoms with E-state index in [0.29, 0.717) is 30.5 Å². The lowest BCUT2D eigenvalue weighted by molar-refractivity contribution is -0.142. The number of ether oxygens (including phenoxy) is 1. The maximum atomic E-state index is 14.9. The maximum Gasteiger partial charge on any atom is 0.407 e. The molecule has 2 fully saturated rings. The van der Waals surface area contributed by atoms with E-state index < -0.39 is 65.3 Å². The van der Waals surface area contributed by atoms with Gasteiger partial charge in [-0.3, -0.25) is 29.0 Å². The van der Waals surface area contributed by atoms with Crippen molar-refractivity contribution in [3.05, 3.63) is 78.0 Å². The molecule has 1 saturated carbocycles. The molecule has 1 aliphatic carbocycles. The summed E-state index contributed by atoms with van der Waals surface area (Å²) >= 11 is 0. The zero-order valence-electron chi connectivity index (χ0n) is 34.0. The average molecular weight is 827 g/mol. The van der Waals surface area contributed by atoms with Gasteiger partial charge >= 0.3 is 6.09 Å². The van der Waals surface area contributed by atoms with Gasteiger partial charge in [-0.25, -0.2) is 9.48 Å². The number of nitrogens with zero attached hydrogens (tertiary/aromatic N) is 5. The first-order valence-electron chi connectivity index (χ1n) is 20.5. The van der Waals surface area contributed by atoms with E-state index in [2.05, 4.69) is 36.2 Å². The molecule has 320 valence electrons. The number of nitrogens with one attached hydrogen (secondary N) is 4. The number of ketones is 1. The molecule has 3 aromatic heterocycles. The summed E-state index contributed by atoms with van der Waals surface area (Å²) in [6.45, 7) is 3.42. The van der Waals surface area contributed by atoms with Gasteiger partial charge in [-0.2, -0.15) is 0 Å². The number of aromatic amines is 1. The molecule has 7 N–H and O–H groups in total. The zero-order valence-corrected chi connectivity index (χ0v) is 34.0. The Morgan fingerprint density at radius 3 is 2.48 bits per heavy atom. The fourth-order valence-electron chi connectivity index (χ4n) is 8.09. The number of amides is 5. The van der Waals surface area contributed by atoms with Crippen LogP contribution < -0.4 is 21.7 Å². The van der Waals surface area contributed by atoms with E-state index in [1.807, 2.05) is 30.3 Å². The topological polar surface area (TPSA) is 257 Å². The number of hydrogen-bond acceptors (Lipinski definition) is 11. The summed E-state index contributed by atoms with van der Waals surface area (Å²) in [6.07, 6.45) is 9.99. The Labute approximate surface area is 347 Å². The number of fused-ring (bicyclic) bond motifs is 1. The molecule has 0 spiro atoms. The number of Topliss-reactive ketones (excluding diaryl/α,β-unsaturated/α-hetero) is 1. The van der Waals surface area contributed by atoms with Crippen LogP contribution in [0.5, 0.6) is 0 Å². The Morgan fingerprint density at radius 1 is 1.00 bits per heavy atom. The lowest BCUT2D eigenvalue weighted by Gasteiger charge is -2.32. The lowest BCUT2D eigenvalue weighted by Crippen LogP contribution is -2.56. The number of carbonyl (C=O) groups excluding carboxylic acids is 6. The Bertz CT molecular complexity index is 2110. The standard InChI is InChI=1S/C42H54N10O8/c1-42(2,59)35-23-46-50-52(35)29-21-34(39(56)48-31(36(53)37(43)54)15-9-10-17-45-41(58)60-25-27-13-7-4-8-14-27)51(24-29)40(57)33(19-26-11-5-3-6-12-26)49-38(55)32-20-28-22-44-18-16-30(28)47-32/h4,7-8,13-14,16,18,20,22-23,26,29,31,33-34,47,59H,3,5-6,9-12,15,17,19,21,24-25H2,1-2H3,(H2,43,54)(H,45,58)(H,48,56)(H,49,55)/t29-,31?,33+,34-/m0/s1. The number of H-pyrrole nitrogens is 1. The SMILES string of the molecule is CC(C)(O)c1cnnn1[C@H]1C[C@@H](C(=O)NC(CCCCNC(=O)OCc2ccccc2)C(=O)C(N)=O)N(C(=O)[C@@H](CC2CCCCC2)NC(=O)c2cc3cnccc3[nH]2)C1. The van der Waals surface area contributed by atoms with Crippen molar-refractivity contribution in [2.24, 2.45) is 11.7 Å². The van der Waals surface area contributed by atoms with E-state index in [1.54, 1.807) is 38.4 Å². The molecule has 1 aliphatic heterocycles. The van der Waals surface area contributed by atoms with Crippen LogP contribution in [-0.2, 0) is 36.1 Å². The quantitative estimate of drug-likeness (QED) is 0.0628. The lowest BCUT2D eigenvalue weighted by atomic mass is 9.84. The molecule has 0 bridgehead atoms. The second-order valence-corrected chi connectivity index (χ2v) is 16.2. The van der Waals surface area contributed by atoms with Crippen molar-refractivity contribution < 1.29 is 38.6 Å². The molecule has 4 atom stereocenters. The number of aromatic nitrogens is 5. The van der Waals surface area contributed by atoms with Crippen molar-refractivity contribution in [2.45, 2.75) is 114 Å². The summed E-state index contributed by atoms with van der Waals surface area (Å²) in [4.78, 5) is 89.1. The van der Waals surface area contributed by atoms with E-state index in [1.165, 1.54) is 15.8 Å². The second-order valence-electron chi connectivity index (χ2n) is 16.2. The number of hydrogen-bond donors (Lipinski definition) is 6. The molecule has 18 heteroatoms. The first kappa shape index (κ1) is 43.4. The highest BCUT2D eigenvalue weighted by Crippen LogP contribution is 2.33. The summed E-state index contributed by atoms with van der Waals surface area (Å²) in [7, 11) is 0. The van der Waals surface area contributed by atoms with Gasteiger partial charge in [0.25, 0.3) is 11.8 Å². The van der Waals surface area contributed by atoms with Gasteiger partial charge in [0.2, 0.25) is 17.6 Å². The molecule has 6 rings (SSSR count). The van der Waals surface area contributed by atoms with Crippen molar-refractivity contribution in [1.82, 2.24) is 45.8 Å². The molecule has 5 amide bonds. The number of primary amides is 1. The van der Waals surface area contributed by atoms with Gasteiger partial charge in [0.15, 0.2) is 0 Å². The van der Waals surface area contributed by atoms with Crippen LogP contribution >= 0.6 is 0 Å². The number of nitrogens with two attached hydrogens (primary N) is 1. The van der Waals surface area contributed by atoms with Crippen LogP contribution in [0.4, 0.5) is 4.79 Å². The highest BCUT2D eigenvalue weighted by Gasteiger charge is 2.45. The van der Waals surface area contributed by atoms with Crippen molar-refractivity contribution in [1.29, 1.82) is 0 Å². The molecule has 18 nitrogen and oxygen atoms in total. The number of benzene rings is 1. The molecule has 60 heavy (non-hydrogen) atoms. The normalized spacial score (nSPS) is 18.1. The minimum Gasteiger partial charge on any atom is -0.445 e. The van der Waals surface area contributed by atoms with Crippen LogP contribution in [0.3, 0.4) is 0 Å². The largest absolute Gasteiger partial charge is 0.445 e. The highest BCUT2D eigenvalue weighted by atomic mass is 16.5. The van der Waals surface area contributed by atoms with Gasteiger partial charge < -0.3 is 41.4 Å². The number of carbonyl (C=O) groups is 6. The van der Waals surface area contributed by atoms with Crippen molar-refractivity contribution in [2.75, 3.05) is 13.1 Å². The van der Waals surface area contributed by atoms with Crippen LogP contribution in [0.1, 0.15) is 106 Å². The van der Waals surface area contributed by atoms with Crippen LogP contribution in [0.2, 0.25) is 0 Å². The third-order valence-electron chi connectivity index (χ3n) is 11.3. The van der Waals surface area contributed by atoms with Crippen LogP contribution in [0, 0.1) is 5.92 Å². The van der Waals surface area contributed by atoms with Crippen molar-refractivity contribution >= 4 is 46.4 Å². The first-order chi connectivity index (χ1) is 28.8. The molecule has 4 aromatic rings. The Morgan fingerprint density at radius 2 is 1.77 bits per heavy atom. The Balaban J connectivity index is 1.19. The molecule has 2 aliphatic rings. The van der Waals surface area contributed by atoms with Gasteiger partial charge in [-0.15, -0.1) is 5.10 Å². The zero-order chi connectivity index (χ0) is 42.8. The minimum atomic E-state index is -1.36. The van der Waals surface area contributed by atoms with Crippen molar-refractivity contribution in [3.63, 3.8) is 0 Å². The van der Waals surface area contributed by atoms with E-state index in [9.17, 15) is 33.9 Å². The molecule has 0 radical (unpaired) electrons. The summed E-state index contributed by atoms with van der Waals surface area (Å²) in [5.41, 5.74) is 6.20. The highest BCUT2D eigenvalue weighted by molar-refractivity contribution is 6.37. The number of aliphatic hydroxyl groups is 1. The molecule has 1 unspecified atom stereocenters. The Hall–Kier alpha value is -6.17. The van der Waals surface area contributed by atoms with Gasteiger partial charge in [0, 0.05) is 42.8 Å². The fraction of sp³-hybridized carbons (Fsp3) is 0.500. The molecule has 1 aromatic carbocycles. The van der Waals surface area contributed by atoms with E-state index in [0.717, 1.165) is 43.1 Å². The van der Waals surface area contributed by atoms with Crippen molar-refractivity contribution in [3.8, 4) is 0 Å². The van der Waals surface area contributed by atoms with E-state index >= 15 is 0 Å². The number of alkyl carbamates (subject to hydrolysis) is 1. The summed E-state index contributed by atoms with van der Waals surface area (Å²) in [5, 5.41) is 28.2. The maximum absolute atomic E-state index is 14.9. The van der Waals surface area contributed by atoms with Gasteiger partial charge in [-0.05, 0) is 63.1 Å². The Kier molecular flexibility index (Phi) is 14.3. The minimum absolute atomic E-state index is 0.0185.